The first-order valence-corrected chi connectivity index (χ1v) is 3.95. The molecule has 0 radical (unpaired) electrons. The van der Waals surface area contributed by atoms with E-state index in [1.807, 2.05) is 18.2 Å². The maximum absolute atomic E-state index is 5.83. The molecular weight excluding hydrogens is 158 g/mol. The lowest BCUT2D eigenvalue weighted by atomic mass is 10.2. The Labute approximate surface area is 70.0 Å². The van der Waals surface area contributed by atoms with Gasteiger partial charge in [0.2, 0.25) is 0 Å². The van der Waals surface area contributed by atoms with Crippen LogP contribution in [0.15, 0.2) is 23.2 Å². The molecule has 1 aromatic carbocycles. The smallest absolute Gasteiger partial charge is 0.0651 e. The Morgan fingerprint density at radius 2 is 2.27 bits per heavy atom. The Morgan fingerprint density at radius 3 is 3.09 bits per heavy atom. The van der Waals surface area contributed by atoms with Gasteiger partial charge in [-0.3, -0.25) is 4.99 Å². The molecule has 1 aromatic rings. The van der Waals surface area contributed by atoms with Crippen LogP contribution < -0.4 is 10.6 Å². The number of halogens is 1. The van der Waals surface area contributed by atoms with Gasteiger partial charge in [-0.1, -0.05) is 11.6 Å². The highest BCUT2D eigenvalue weighted by Crippen LogP contribution is 2.03. The fourth-order valence-corrected chi connectivity index (χ4v) is 1.45. The summed E-state index contributed by atoms with van der Waals surface area (Å²) in [5, 5.41) is 3.07. The minimum atomic E-state index is 0.792. The van der Waals surface area contributed by atoms with Gasteiger partial charge in [-0.05, 0) is 30.7 Å². The number of fused-ring (bicyclic) bond motifs is 1. The van der Waals surface area contributed by atoms with Gasteiger partial charge in [0.15, 0.2) is 0 Å². The topological polar surface area (TPSA) is 12.4 Å². The van der Waals surface area contributed by atoms with Crippen molar-refractivity contribution in [3.8, 4) is 0 Å². The van der Waals surface area contributed by atoms with Crippen LogP contribution in [0.4, 0.5) is 0 Å². The first-order valence-electron chi connectivity index (χ1n) is 3.57. The standard InChI is InChI=1S/C9H8ClN/c1-6-5-11-9-3-2-7(10)4-8(6)9/h2-4H,5H2,1H3. The third-order valence-electron chi connectivity index (χ3n) is 1.90. The van der Waals surface area contributed by atoms with Gasteiger partial charge < -0.3 is 0 Å². The Morgan fingerprint density at radius 1 is 1.45 bits per heavy atom. The highest BCUT2D eigenvalue weighted by molar-refractivity contribution is 6.30. The van der Waals surface area contributed by atoms with Gasteiger partial charge in [-0.15, -0.1) is 0 Å². The molecule has 1 aliphatic heterocycles. The van der Waals surface area contributed by atoms with Crippen molar-refractivity contribution < 1.29 is 0 Å². The van der Waals surface area contributed by atoms with Crippen molar-refractivity contribution in [1.82, 2.24) is 0 Å². The normalized spacial score (nSPS) is 14.5. The molecule has 2 rings (SSSR count). The summed E-state index contributed by atoms with van der Waals surface area (Å²) in [7, 11) is 0. The Kier molecular flexibility index (Phi) is 1.46. The van der Waals surface area contributed by atoms with E-state index in [2.05, 4.69) is 11.9 Å². The number of benzene rings is 1. The van der Waals surface area contributed by atoms with Crippen LogP contribution in [0.25, 0.3) is 5.57 Å². The van der Waals surface area contributed by atoms with Crippen LogP contribution >= 0.6 is 11.6 Å². The second-order valence-corrected chi connectivity index (χ2v) is 3.19. The van der Waals surface area contributed by atoms with Gasteiger partial charge in [-0.2, -0.15) is 0 Å². The monoisotopic (exact) mass is 165 g/mol. The minimum absolute atomic E-state index is 0.792. The lowest BCUT2D eigenvalue weighted by Gasteiger charge is -1.88. The van der Waals surface area contributed by atoms with Crippen LogP contribution in [0.1, 0.15) is 6.92 Å². The van der Waals surface area contributed by atoms with Gasteiger partial charge in [0.25, 0.3) is 0 Å². The molecule has 56 valence electrons. The van der Waals surface area contributed by atoms with Gasteiger partial charge in [0, 0.05) is 10.2 Å². The summed E-state index contributed by atoms with van der Waals surface area (Å²) in [5.74, 6) is 0. The Bertz CT molecular complexity index is 406. The van der Waals surface area contributed by atoms with Crippen LogP contribution in [0, 0.1) is 0 Å². The second-order valence-electron chi connectivity index (χ2n) is 2.76. The van der Waals surface area contributed by atoms with Crippen molar-refractivity contribution in [3.05, 3.63) is 33.8 Å². The predicted octanol–water partition coefficient (Wildman–Crippen LogP) is 1.14. The van der Waals surface area contributed by atoms with Crippen LogP contribution in [0.2, 0.25) is 5.02 Å². The van der Waals surface area contributed by atoms with Gasteiger partial charge >= 0.3 is 0 Å². The van der Waals surface area contributed by atoms with E-state index in [1.54, 1.807) is 0 Å². The van der Waals surface area contributed by atoms with Crippen molar-refractivity contribution in [2.75, 3.05) is 6.54 Å². The summed E-state index contributed by atoms with van der Waals surface area (Å²) in [4.78, 5) is 4.33. The summed E-state index contributed by atoms with van der Waals surface area (Å²) in [6.45, 7) is 2.92. The summed E-state index contributed by atoms with van der Waals surface area (Å²) < 4.78 is 0. The molecule has 11 heavy (non-hydrogen) atoms. The number of hydrogen-bond acceptors (Lipinski definition) is 1. The van der Waals surface area contributed by atoms with Crippen molar-refractivity contribution in [2.24, 2.45) is 4.99 Å². The van der Waals surface area contributed by atoms with Gasteiger partial charge in [-0.25, -0.2) is 0 Å². The SMILES string of the molecule is CC1=c2cc(Cl)ccc2=NC1. The Balaban J connectivity index is 2.91. The fourth-order valence-electron chi connectivity index (χ4n) is 1.28. The van der Waals surface area contributed by atoms with Gasteiger partial charge in [0.05, 0.1) is 11.9 Å². The molecule has 0 saturated heterocycles. The number of hydrogen-bond donors (Lipinski definition) is 0. The molecular formula is C9H8ClN. The molecule has 1 heterocycles. The van der Waals surface area contributed by atoms with E-state index in [4.69, 9.17) is 11.6 Å². The van der Waals surface area contributed by atoms with E-state index >= 15 is 0 Å². The maximum Gasteiger partial charge on any atom is 0.0651 e. The highest BCUT2D eigenvalue weighted by atomic mass is 35.5. The molecule has 0 N–H and O–H groups in total. The van der Waals surface area contributed by atoms with Gasteiger partial charge in [0.1, 0.15) is 0 Å². The number of nitrogens with zero attached hydrogens (tertiary/aromatic N) is 1. The molecule has 0 aromatic heterocycles. The predicted molar refractivity (Wildman–Crippen MR) is 46.2 cm³/mol. The highest BCUT2D eigenvalue weighted by Gasteiger charge is 2.00. The summed E-state index contributed by atoms with van der Waals surface area (Å²) in [6.07, 6.45) is 0. The van der Waals surface area contributed by atoms with Crippen LogP contribution in [0.3, 0.4) is 0 Å². The number of rotatable bonds is 0. The summed E-state index contributed by atoms with van der Waals surface area (Å²) >= 11 is 5.83. The molecule has 0 aliphatic carbocycles. The van der Waals surface area contributed by atoms with E-state index in [0.29, 0.717) is 0 Å². The van der Waals surface area contributed by atoms with E-state index in [1.165, 1.54) is 10.8 Å². The second kappa shape index (κ2) is 2.35. The lowest BCUT2D eigenvalue weighted by molar-refractivity contribution is 1.20. The summed E-state index contributed by atoms with van der Waals surface area (Å²) in [5.41, 5.74) is 1.31. The van der Waals surface area contributed by atoms with Crippen LogP contribution in [-0.4, -0.2) is 6.54 Å². The van der Waals surface area contributed by atoms with E-state index in [0.717, 1.165) is 16.9 Å². The fraction of sp³-hybridized carbons (Fsp3) is 0.222. The van der Waals surface area contributed by atoms with E-state index in [9.17, 15) is 0 Å². The van der Waals surface area contributed by atoms with Crippen molar-refractivity contribution in [3.63, 3.8) is 0 Å². The third-order valence-corrected chi connectivity index (χ3v) is 2.14. The molecule has 0 bridgehead atoms. The lowest BCUT2D eigenvalue weighted by Crippen LogP contribution is -2.21. The average Bonchev–Trinajstić information content (AvgIpc) is 2.33. The molecule has 0 atom stereocenters. The molecule has 0 unspecified atom stereocenters. The van der Waals surface area contributed by atoms with Crippen LogP contribution in [-0.2, 0) is 0 Å². The van der Waals surface area contributed by atoms with Crippen molar-refractivity contribution >= 4 is 17.2 Å². The largest absolute Gasteiger partial charge is 0.280 e. The zero-order valence-corrected chi connectivity index (χ0v) is 7.02. The average molecular weight is 166 g/mol. The maximum atomic E-state index is 5.83. The first kappa shape index (κ1) is 6.86. The molecule has 0 spiro atoms. The molecule has 0 amide bonds. The Hall–Kier alpha value is -0.820. The van der Waals surface area contributed by atoms with Crippen molar-refractivity contribution in [1.29, 1.82) is 0 Å². The third kappa shape index (κ3) is 1.05. The van der Waals surface area contributed by atoms with E-state index < -0.39 is 0 Å². The minimum Gasteiger partial charge on any atom is -0.280 e. The molecule has 0 saturated carbocycles. The molecule has 2 heteroatoms. The molecule has 0 fully saturated rings. The quantitative estimate of drug-likeness (QED) is 0.547. The van der Waals surface area contributed by atoms with E-state index in [-0.39, 0.29) is 0 Å². The first-order chi connectivity index (χ1) is 5.27. The van der Waals surface area contributed by atoms with Crippen LogP contribution in [0.5, 0.6) is 0 Å². The molecule has 1 aliphatic rings. The zero-order chi connectivity index (χ0) is 7.84. The zero-order valence-electron chi connectivity index (χ0n) is 6.26. The van der Waals surface area contributed by atoms with Crippen molar-refractivity contribution in [2.45, 2.75) is 6.92 Å². The molecule has 1 nitrogen and oxygen atoms in total. The summed E-state index contributed by atoms with van der Waals surface area (Å²) in [6, 6.07) is 5.82.